The van der Waals surface area contributed by atoms with E-state index in [0.717, 1.165) is 37.4 Å². The highest BCUT2D eigenvalue weighted by Gasteiger charge is 2.19. The van der Waals surface area contributed by atoms with Crippen LogP contribution in [0.3, 0.4) is 0 Å². The lowest BCUT2D eigenvalue weighted by Gasteiger charge is -2.29. The van der Waals surface area contributed by atoms with Crippen molar-refractivity contribution in [3.8, 4) is 0 Å². The number of nitrogens with one attached hydrogen (secondary N) is 2. The molecule has 2 heterocycles. The summed E-state index contributed by atoms with van der Waals surface area (Å²) < 4.78 is 5.39. The average Bonchev–Trinajstić information content (AvgIpc) is 2.67. The summed E-state index contributed by atoms with van der Waals surface area (Å²) in [6.45, 7) is 6.57. The van der Waals surface area contributed by atoms with E-state index in [-0.39, 0.29) is 5.91 Å². The molecule has 1 aromatic carbocycles. The number of aromatic nitrogens is 1. The summed E-state index contributed by atoms with van der Waals surface area (Å²) in [6.07, 6.45) is 1.72. The van der Waals surface area contributed by atoms with Crippen molar-refractivity contribution in [2.24, 2.45) is 0 Å². The molecule has 1 aromatic heterocycles. The fraction of sp³-hybridized carbons (Fsp3) is 0.368. The zero-order valence-corrected chi connectivity index (χ0v) is 14.5. The number of hydrogen-bond donors (Lipinski definition) is 2. The molecule has 1 aliphatic rings. The van der Waals surface area contributed by atoms with Gasteiger partial charge in [0.25, 0.3) is 5.91 Å². The first-order valence-electron chi connectivity index (χ1n) is 8.66. The minimum absolute atomic E-state index is 0.143. The zero-order valence-electron chi connectivity index (χ0n) is 14.5. The van der Waals surface area contributed by atoms with E-state index in [1.165, 1.54) is 0 Å². The van der Waals surface area contributed by atoms with Crippen molar-refractivity contribution in [1.29, 1.82) is 0 Å². The first-order valence-corrected chi connectivity index (χ1v) is 8.66. The van der Waals surface area contributed by atoms with Gasteiger partial charge >= 0.3 is 0 Å². The minimum Gasteiger partial charge on any atom is -0.378 e. The molecule has 3 rings (SSSR count). The van der Waals surface area contributed by atoms with Gasteiger partial charge in [-0.25, -0.2) is 4.98 Å². The van der Waals surface area contributed by atoms with Gasteiger partial charge in [0.2, 0.25) is 0 Å². The number of amides is 1. The third-order valence-corrected chi connectivity index (χ3v) is 4.11. The summed E-state index contributed by atoms with van der Waals surface area (Å²) in [7, 11) is 0. The fourth-order valence-electron chi connectivity index (χ4n) is 2.83. The normalized spacial score (nSPS) is 14.4. The number of ether oxygens (including phenoxy) is 1. The second kappa shape index (κ2) is 8.60. The van der Waals surface area contributed by atoms with Crippen LogP contribution in [0.5, 0.6) is 0 Å². The van der Waals surface area contributed by atoms with Gasteiger partial charge in [0.05, 0.1) is 18.8 Å². The Morgan fingerprint density at radius 3 is 2.88 bits per heavy atom. The Labute approximate surface area is 148 Å². The molecule has 1 saturated heterocycles. The molecular formula is C19H24N4O2. The summed E-state index contributed by atoms with van der Waals surface area (Å²) in [5.74, 6) is 0.572. The number of rotatable bonds is 6. The molecule has 1 aliphatic heterocycles. The predicted octanol–water partition coefficient (Wildman–Crippen LogP) is 2.28. The second-order valence-electron chi connectivity index (χ2n) is 5.91. The third-order valence-electron chi connectivity index (χ3n) is 4.11. The Morgan fingerprint density at radius 2 is 2.08 bits per heavy atom. The van der Waals surface area contributed by atoms with Gasteiger partial charge in [-0.15, -0.1) is 0 Å². The highest BCUT2D eigenvalue weighted by atomic mass is 16.5. The molecule has 6 heteroatoms. The minimum atomic E-state index is -0.143. The van der Waals surface area contributed by atoms with Crippen molar-refractivity contribution < 1.29 is 9.53 Å². The lowest BCUT2D eigenvalue weighted by molar-refractivity contribution is 0.102. The van der Waals surface area contributed by atoms with Crippen LogP contribution < -0.4 is 15.5 Å². The van der Waals surface area contributed by atoms with Gasteiger partial charge in [-0.3, -0.25) is 4.79 Å². The van der Waals surface area contributed by atoms with Gasteiger partial charge < -0.3 is 20.3 Å². The van der Waals surface area contributed by atoms with E-state index in [1.54, 1.807) is 12.3 Å². The number of anilines is 2. The number of pyridine rings is 1. The predicted molar refractivity (Wildman–Crippen MR) is 99.0 cm³/mol. The van der Waals surface area contributed by atoms with Gasteiger partial charge in [-0.2, -0.15) is 0 Å². The van der Waals surface area contributed by atoms with Crippen LogP contribution in [0.2, 0.25) is 0 Å². The van der Waals surface area contributed by atoms with Gasteiger partial charge in [-0.05, 0) is 36.4 Å². The van der Waals surface area contributed by atoms with E-state index in [2.05, 4.69) is 27.4 Å². The van der Waals surface area contributed by atoms with Crippen LogP contribution in [0.4, 0.5) is 11.5 Å². The van der Waals surface area contributed by atoms with Gasteiger partial charge in [0.1, 0.15) is 5.82 Å². The lowest BCUT2D eigenvalue weighted by Crippen LogP contribution is -2.38. The fourth-order valence-corrected chi connectivity index (χ4v) is 2.83. The van der Waals surface area contributed by atoms with Gasteiger partial charge in [0.15, 0.2) is 0 Å². The average molecular weight is 340 g/mol. The largest absolute Gasteiger partial charge is 0.378 e. The quantitative estimate of drug-likeness (QED) is 0.844. The molecule has 132 valence electrons. The van der Waals surface area contributed by atoms with Gasteiger partial charge in [0, 0.05) is 31.5 Å². The van der Waals surface area contributed by atoms with Crippen LogP contribution in [0, 0.1) is 0 Å². The number of carbonyl (C=O) groups is 1. The van der Waals surface area contributed by atoms with Crippen LogP contribution in [0.15, 0.2) is 42.6 Å². The van der Waals surface area contributed by atoms with Crippen molar-refractivity contribution in [1.82, 2.24) is 10.3 Å². The maximum absolute atomic E-state index is 12.8. The van der Waals surface area contributed by atoms with E-state index in [9.17, 15) is 4.79 Å². The topological polar surface area (TPSA) is 66.5 Å². The standard InChI is InChI=1S/C19H24N4O2/c1-2-20-14-15-5-3-6-16(13-15)22-19(24)17-7-4-8-21-18(17)23-9-11-25-12-10-23/h3-8,13,20H,2,9-12,14H2,1H3,(H,22,24). The van der Waals surface area contributed by atoms with E-state index in [4.69, 9.17) is 4.74 Å². The first-order chi connectivity index (χ1) is 12.3. The molecular weight excluding hydrogens is 316 g/mol. The third kappa shape index (κ3) is 4.55. The number of morpholine rings is 1. The lowest BCUT2D eigenvalue weighted by atomic mass is 10.1. The van der Waals surface area contributed by atoms with Crippen molar-refractivity contribution in [2.75, 3.05) is 43.1 Å². The molecule has 2 aromatic rings. The molecule has 0 saturated carbocycles. The Hall–Kier alpha value is -2.44. The summed E-state index contributed by atoms with van der Waals surface area (Å²) in [4.78, 5) is 19.3. The molecule has 0 unspecified atom stereocenters. The molecule has 0 spiro atoms. The van der Waals surface area contributed by atoms with Crippen molar-refractivity contribution >= 4 is 17.4 Å². The highest BCUT2D eigenvalue weighted by Crippen LogP contribution is 2.20. The van der Waals surface area contributed by atoms with E-state index < -0.39 is 0 Å². The molecule has 1 amide bonds. The Morgan fingerprint density at radius 1 is 1.24 bits per heavy atom. The van der Waals surface area contributed by atoms with Crippen LogP contribution >= 0.6 is 0 Å². The number of carbonyl (C=O) groups excluding carboxylic acids is 1. The molecule has 1 fully saturated rings. The van der Waals surface area contributed by atoms with Crippen molar-refractivity contribution in [3.63, 3.8) is 0 Å². The Kier molecular flexibility index (Phi) is 5.98. The summed E-state index contributed by atoms with van der Waals surface area (Å²) in [5.41, 5.74) is 2.51. The van der Waals surface area contributed by atoms with Crippen LogP contribution in [-0.4, -0.2) is 43.7 Å². The maximum Gasteiger partial charge on any atom is 0.259 e. The number of hydrogen-bond acceptors (Lipinski definition) is 5. The second-order valence-corrected chi connectivity index (χ2v) is 5.91. The monoisotopic (exact) mass is 340 g/mol. The summed E-state index contributed by atoms with van der Waals surface area (Å²) in [5, 5.41) is 6.28. The smallest absolute Gasteiger partial charge is 0.259 e. The number of nitrogens with zero attached hydrogens (tertiary/aromatic N) is 2. The van der Waals surface area contributed by atoms with Crippen LogP contribution in [-0.2, 0) is 11.3 Å². The molecule has 0 aliphatic carbocycles. The van der Waals surface area contributed by atoms with Crippen molar-refractivity contribution in [3.05, 3.63) is 53.7 Å². The molecule has 2 N–H and O–H groups in total. The summed E-state index contributed by atoms with van der Waals surface area (Å²) in [6, 6.07) is 11.5. The highest BCUT2D eigenvalue weighted by molar-refractivity contribution is 6.07. The molecule has 0 radical (unpaired) electrons. The molecule has 6 nitrogen and oxygen atoms in total. The van der Waals surface area contributed by atoms with E-state index >= 15 is 0 Å². The Bertz CT molecular complexity index is 714. The molecule has 0 atom stereocenters. The molecule has 25 heavy (non-hydrogen) atoms. The SMILES string of the molecule is CCNCc1cccc(NC(=O)c2cccnc2N2CCOCC2)c1. The maximum atomic E-state index is 12.8. The summed E-state index contributed by atoms with van der Waals surface area (Å²) >= 11 is 0. The first kappa shape index (κ1) is 17.4. The zero-order chi connectivity index (χ0) is 17.5. The van der Waals surface area contributed by atoms with Crippen LogP contribution in [0.1, 0.15) is 22.8 Å². The molecule has 0 bridgehead atoms. The van der Waals surface area contributed by atoms with Crippen LogP contribution in [0.25, 0.3) is 0 Å². The van der Waals surface area contributed by atoms with Gasteiger partial charge in [-0.1, -0.05) is 19.1 Å². The van der Waals surface area contributed by atoms with E-state index in [0.29, 0.717) is 24.6 Å². The Balaban J connectivity index is 1.75. The van der Waals surface area contributed by atoms with E-state index in [1.807, 2.05) is 30.3 Å². The number of benzene rings is 1. The van der Waals surface area contributed by atoms with Crippen molar-refractivity contribution in [2.45, 2.75) is 13.5 Å².